The third-order valence-electron chi connectivity index (χ3n) is 3.28. The number of piperidine rings is 1. The summed E-state index contributed by atoms with van der Waals surface area (Å²) in [6.45, 7) is 1.86. The van der Waals surface area contributed by atoms with Crippen molar-refractivity contribution in [2.75, 3.05) is 13.2 Å². The Hall–Kier alpha value is -0.940. The van der Waals surface area contributed by atoms with Crippen LogP contribution in [0.2, 0.25) is 0 Å². The summed E-state index contributed by atoms with van der Waals surface area (Å²) in [5.41, 5.74) is 0. The Morgan fingerprint density at radius 3 is 2.94 bits per heavy atom. The molecule has 0 aromatic carbocycles. The van der Waals surface area contributed by atoms with Gasteiger partial charge in [-0.3, -0.25) is 0 Å². The molecule has 5 heteroatoms. The first-order valence-corrected chi connectivity index (χ1v) is 6.12. The van der Waals surface area contributed by atoms with Gasteiger partial charge in [0.1, 0.15) is 6.10 Å². The summed E-state index contributed by atoms with van der Waals surface area (Å²) >= 11 is 0. The Morgan fingerprint density at radius 2 is 2.19 bits per heavy atom. The highest BCUT2D eigenvalue weighted by Gasteiger charge is 2.26. The van der Waals surface area contributed by atoms with Gasteiger partial charge in [0.05, 0.1) is 6.04 Å². The molecule has 1 aromatic rings. The lowest BCUT2D eigenvalue weighted by atomic mass is 10.1. The van der Waals surface area contributed by atoms with E-state index in [2.05, 4.69) is 15.5 Å². The first-order valence-electron chi connectivity index (χ1n) is 6.12. The van der Waals surface area contributed by atoms with Crippen LogP contribution >= 0.6 is 0 Å². The van der Waals surface area contributed by atoms with Crippen LogP contribution in [0, 0.1) is 0 Å². The number of hydrogen-bond donors (Lipinski definition) is 1. The number of hydrogen-bond acceptors (Lipinski definition) is 5. The van der Waals surface area contributed by atoms with Crippen molar-refractivity contribution in [1.82, 2.24) is 15.5 Å². The standard InChI is InChI=1S/C11H17N3O2/c1-2-6-12-8(4-1)11-13-10(14-16-11)9-5-3-7-15-9/h8-9,12H,1-7H2. The highest BCUT2D eigenvalue weighted by Crippen LogP contribution is 2.28. The van der Waals surface area contributed by atoms with Crippen LogP contribution in [0.4, 0.5) is 0 Å². The average Bonchev–Trinajstić information content (AvgIpc) is 3.01. The van der Waals surface area contributed by atoms with Gasteiger partial charge in [-0.1, -0.05) is 11.6 Å². The van der Waals surface area contributed by atoms with E-state index in [0.29, 0.717) is 0 Å². The molecular formula is C11H17N3O2. The molecule has 3 heterocycles. The van der Waals surface area contributed by atoms with E-state index >= 15 is 0 Å². The molecule has 2 atom stereocenters. The molecule has 1 N–H and O–H groups in total. The fourth-order valence-corrected chi connectivity index (χ4v) is 2.36. The smallest absolute Gasteiger partial charge is 0.243 e. The minimum Gasteiger partial charge on any atom is -0.370 e. The largest absolute Gasteiger partial charge is 0.370 e. The minimum absolute atomic E-state index is 0.0566. The topological polar surface area (TPSA) is 60.2 Å². The van der Waals surface area contributed by atoms with E-state index in [9.17, 15) is 0 Å². The van der Waals surface area contributed by atoms with Gasteiger partial charge >= 0.3 is 0 Å². The minimum atomic E-state index is 0.0566. The first kappa shape index (κ1) is 10.2. The van der Waals surface area contributed by atoms with Gasteiger partial charge in [-0.2, -0.15) is 4.98 Å². The third kappa shape index (κ3) is 1.97. The molecule has 2 aliphatic heterocycles. The molecule has 0 amide bonds. The lowest BCUT2D eigenvalue weighted by molar-refractivity contribution is 0.103. The van der Waals surface area contributed by atoms with Crippen LogP contribution in [0.3, 0.4) is 0 Å². The summed E-state index contributed by atoms with van der Waals surface area (Å²) in [7, 11) is 0. The van der Waals surface area contributed by atoms with Crippen molar-refractivity contribution < 1.29 is 9.26 Å². The van der Waals surface area contributed by atoms with Crippen LogP contribution in [-0.2, 0) is 4.74 Å². The highest BCUT2D eigenvalue weighted by atomic mass is 16.5. The monoisotopic (exact) mass is 223 g/mol. The van der Waals surface area contributed by atoms with E-state index in [1.54, 1.807) is 0 Å². The van der Waals surface area contributed by atoms with Gasteiger partial charge in [-0.25, -0.2) is 0 Å². The Balaban J connectivity index is 1.71. The van der Waals surface area contributed by atoms with E-state index in [1.165, 1.54) is 12.8 Å². The van der Waals surface area contributed by atoms with Gasteiger partial charge in [0, 0.05) is 6.61 Å². The second kappa shape index (κ2) is 4.51. The van der Waals surface area contributed by atoms with Gasteiger partial charge in [0.2, 0.25) is 11.7 Å². The molecule has 3 rings (SSSR count). The Labute approximate surface area is 94.6 Å². The Bertz CT molecular complexity index is 341. The zero-order chi connectivity index (χ0) is 10.8. The van der Waals surface area contributed by atoms with E-state index in [1.807, 2.05) is 0 Å². The lowest BCUT2D eigenvalue weighted by Crippen LogP contribution is -2.27. The number of nitrogens with one attached hydrogen (secondary N) is 1. The van der Waals surface area contributed by atoms with E-state index in [0.717, 1.165) is 44.1 Å². The maximum atomic E-state index is 5.53. The zero-order valence-electron chi connectivity index (χ0n) is 9.32. The third-order valence-corrected chi connectivity index (χ3v) is 3.28. The molecule has 0 bridgehead atoms. The van der Waals surface area contributed by atoms with Crippen LogP contribution < -0.4 is 5.32 Å². The van der Waals surface area contributed by atoms with Gasteiger partial charge in [-0.15, -0.1) is 0 Å². The maximum Gasteiger partial charge on any atom is 0.243 e. The van der Waals surface area contributed by atoms with Gasteiger partial charge in [0.15, 0.2) is 0 Å². The molecule has 5 nitrogen and oxygen atoms in total. The highest BCUT2D eigenvalue weighted by molar-refractivity contribution is 4.97. The summed E-state index contributed by atoms with van der Waals surface area (Å²) < 4.78 is 10.8. The van der Waals surface area contributed by atoms with Gasteiger partial charge < -0.3 is 14.6 Å². The normalized spacial score (nSPS) is 30.8. The van der Waals surface area contributed by atoms with E-state index < -0.39 is 0 Å². The Morgan fingerprint density at radius 1 is 1.19 bits per heavy atom. The van der Waals surface area contributed by atoms with Crippen molar-refractivity contribution in [3.63, 3.8) is 0 Å². The summed E-state index contributed by atoms with van der Waals surface area (Å²) in [6.07, 6.45) is 5.72. The fourth-order valence-electron chi connectivity index (χ4n) is 2.36. The molecule has 16 heavy (non-hydrogen) atoms. The second-order valence-electron chi connectivity index (χ2n) is 4.49. The molecule has 2 unspecified atom stereocenters. The predicted molar refractivity (Wildman–Crippen MR) is 56.8 cm³/mol. The summed E-state index contributed by atoms with van der Waals surface area (Å²) in [6, 6.07) is 0.247. The molecule has 88 valence electrons. The van der Waals surface area contributed by atoms with Crippen LogP contribution in [0.5, 0.6) is 0 Å². The fraction of sp³-hybridized carbons (Fsp3) is 0.818. The maximum absolute atomic E-state index is 5.53. The quantitative estimate of drug-likeness (QED) is 0.827. The first-order chi connectivity index (χ1) is 7.93. The van der Waals surface area contributed by atoms with Crippen molar-refractivity contribution >= 4 is 0 Å². The van der Waals surface area contributed by atoms with Crippen molar-refractivity contribution in [3.8, 4) is 0 Å². The summed E-state index contributed by atoms with van der Waals surface area (Å²) in [5.74, 6) is 1.45. The van der Waals surface area contributed by atoms with Crippen molar-refractivity contribution in [3.05, 3.63) is 11.7 Å². The van der Waals surface area contributed by atoms with Gasteiger partial charge in [0.25, 0.3) is 0 Å². The molecule has 0 saturated carbocycles. The number of nitrogens with zero attached hydrogens (tertiary/aromatic N) is 2. The molecular weight excluding hydrogens is 206 g/mol. The summed E-state index contributed by atoms with van der Waals surface area (Å²) in [4.78, 5) is 4.45. The number of aromatic nitrogens is 2. The van der Waals surface area contributed by atoms with E-state index in [-0.39, 0.29) is 12.1 Å². The lowest BCUT2D eigenvalue weighted by Gasteiger charge is -2.19. The molecule has 2 saturated heterocycles. The SMILES string of the molecule is C1CCC(c2nc(C3CCCO3)no2)NC1. The molecule has 2 fully saturated rings. The Kier molecular flexibility index (Phi) is 2.88. The molecule has 0 radical (unpaired) electrons. The van der Waals surface area contributed by atoms with Crippen LogP contribution in [0.1, 0.15) is 56.0 Å². The van der Waals surface area contributed by atoms with Crippen LogP contribution in [0.15, 0.2) is 4.52 Å². The number of ether oxygens (including phenoxy) is 1. The average molecular weight is 223 g/mol. The van der Waals surface area contributed by atoms with Crippen molar-refractivity contribution in [1.29, 1.82) is 0 Å². The second-order valence-corrected chi connectivity index (χ2v) is 4.49. The molecule has 0 aliphatic carbocycles. The number of rotatable bonds is 2. The van der Waals surface area contributed by atoms with Crippen LogP contribution in [0.25, 0.3) is 0 Å². The van der Waals surface area contributed by atoms with Crippen LogP contribution in [-0.4, -0.2) is 23.3 Å². The summed E-state index contributed by atoms with van der Waals surface area (Å²) in [5, 5.41) is 7.42. The molecule has 1 aromatic heterocycles. The van der Waals surface area contributed by atoms with Gasteiger partial charge in [-0.05, 0) is 32.2 Å². The van der Waals surface area contributed by atoms with Crippen molar-refractivity contribution in [2.45, 2.75) is 44.2 Å². The predicted octanol–water partition coefficient (Wildman–Crippen LogP) is 1.74. The molecule has 0 spiro atoms. The molecule has 2 aliphatic rings. The van der Waals surface area contributed by atoms with Crippen molar-refractivity contribution in [2.24, 2.45) is 0 Å². The van der Waals surface area contributed by atoms with E-state index in [4.69, 9.17) is 9.26 Å². The zero-order valence-corrected chi connectivity index (χ0v) is 9.32.